The first-order valence-corrected chi connectivity index (χ1v) is 7.00. The monoisotopic (exact) mass is 238 g/mol. The Morgan fingerprint density at radius 2 is 1.65 bits per heavy atom. The van der Waals surface area contributed by atoms with Gasteiger partial charge >= 0.3 is 0 Å². The first-order chi connectivity index (χ1) is 7.88. The molecule has 0 radical (unpaired) electrons. The molecule has 2 fully saturated rings. The molecule has 2 rings (SSSR count). The van der Waals surface area contributed by atoms with E-state index in [-0.39, 0.29) is 11.0 Å². The molecule has 0 aromatic rings. The molecule has 0 N–H and O–H groups in total. The summed E-state index contributed by atoms with van der Waals surface area (Å²) in [4.78, 5) is 10.8. The van der Waals surface area contributed by atoms with E-state index in [1.165, 1.54) is 32.1 Å². The van der Waals surface area contributed by atoms with Crippen LogP contribution in [0, 0.1) is 23.2 Å². The van der Waals surface area contributed by atoms with E-state index in [2.05, 4.69) is 27.7 Å². The highest BCUT2D eigenvalue weighted by atomic mass is 16.5. The van der Waals surface area contributed by atoms with E-state index in [0.717, 1.165) is 17.8 Å². The highest BCUT2D eigenvalue weighted by Crippen LogP contribution is 2.58. The van der Waals surface area contributed by atoms with Crippen LogP contribution in [0.2, 0.25) is 0 Å². The van der Waals surface area contributed by atoms with E-state index in [0.29, 0.717) is 6.47 Å². The van der Waals surface area contributed by atoms with Crippen LogP contribution in [0.1, 0.15) is 59.8 Å². The third kappa shape index (κ3) is 2.23. The number of hydrogen-bond donors (Lipinski definition) is 0. The van der Waals surface area contributed by atoms with Crippen molar-refractivity contribution in [2.24, 2.45) is 23.2 Å². The van der Waals surface area contributed by atoms with Crippen molar-refractivity contribution in [3.8, 4) is 0 Å². The van der Waals surface area contributed by atoms with Gasteiger partial charge in [-0.2, -0.15) is 0 Å². The van der Waals surface area contributed by atoms with Gasteiger partial charge in [0.25, 0.3) is 6.47 Å². The zero-order chi connectivity index (χ0) is 12.7. The standard InChI is InChI=1S/C15H26O2/c1-11-5-13-6-12(2)8-15(7-11,9-13)14(3,4)17-10-16/h10-13H,5-9H2,1-4H3. The largest absolute Gasteiger partial charge is 0.461 e. The molecule has 98 valence electrons. The quantitative estimate of drug-likeness (QED) is 0.699. The van der Waals surface area contributed by atoms with E-state index in [4.69, 9.17) is 4.74 Å². The lowest BCUT2D eigenvalue weighted by Gasteiger charge is -2.56. The summed E-state index contributed by atoms with van der Waals surface area (Å²) in [7, 11) is 0. The summed E-state index contributed by atoms with van der Waals surface area (Å²) in [6.45, 7) is 9.56. The Morgan fingerprint density at radius 3 is 2.12 bits per heavy atom. The van der Waals surface area contributed by atoms with Gasteiger partial charge in [0.1, 0.15) is 5.60 Å². The van der Waals surface area contributed by atoms with Crippen LogP contribution in [0.4, 0.5) is 0 Å². The number of fused-ring (bicyclic) bond motifs is 2. The second kappa shape index (κ2) is 4.29. The van der Waals surface area contributed by atoms with Gasteiger partial charge in [0, 0.05) is 5.41 Å². The second-order valence-corrected chi connectivity index (χ2v) is 7.16. The Hall–Kier alpha value is -0.530. The lowest BCUT2D eigenvalue weighted by molar-refractivity contribution is -0.173. The first kappa shape index (κ1) is 12.9. The fourth-order valence-corrected chi connectivity index (χ4v) is 4.69. The number of rotatable bonds is 3. The Morgan fingerprint density at radius 1 is 1.12 bits per heavy atom. The third-order valence-electron chi connectivity index (χ3n) is 5.25. The highest BCUT2D eigenvalue weighted by Gasteiger charge is 2.53. The molecule has 0 aromatic heterocycles. The maximum absolute atomic E-state index is 10.8. The Bertz CT molecular complexity index is 276. The zero-order valence-electron chi connectivity index (χ0n) is 11.7. The van der Waals surface area contributed by atoms with Crippen molar-refractivity contribution < 1.29 is 9.53 Å². The summed E-state index contributed by atoms with van der Waals surface area (Å²) in [6, 6.07) is 0. The van der Waals surface area contributed by atoms with E-state index >= 15 is 0 Å². The van der Waals surface area contributed by atoms with Gasteiger partial charge in [-0.3, -0.25) is 4.79 Å². The van der Waals surface area contributed by atoms with E-state index in [1.807, 2.05) is 0 Å². The minimum atomic E-state index is -0.309. The molecule has 0 aliphatic heterocycles. The van der Waals surface area contributed by atoms with Gasteiger partial charge in [-0.25, -0.2) is 0 Å². The maximum atomic E-state index is 10.8. The molecule has 0 aromatic carbocycles. The summed E-state index contributed by atoms with van der Waals surface area (Å²) < 4.78 is 5.46. The van der Waals surface area contributed by atoms with Crippen molar-refractivity contribution >= 4 is 6.47 Å². The third-order valence-corrected chi connectivity index (χ3v) is 5.25. The molecule has 2 heteroatoms. The SMILES string of the molecule is CC1CC2CC(C)CC(C(C)(C)OC=O)(C1)C2. The topological polar surface area (TPSA) is 26.3 Å². The number of ether oxygens (including phenoxy) is 1. The van der Waals surface area contributed by atoms with Crippen molar-refractivity contribution in [2.75, 3.05) is 0 Å². The van der Waals surface area contributed by atoms with Crippen LogP contribution in [0.25, 0.3) is 0 Å². The fourth-order valence-electron chi connectivity index (χ4n) is 4.69. The summed E-state index contributed by atoms with van der Waals surface area (Å²) >= 11 is 0. The molecule has 0 saturated heterocycles. The lowest BCUT2D eigenvalue weighted by atomic mass is 9.51. The van der Waals surface area contributed by atoms with E-state index in [9.17, 15) is 4.79 Å². The van der Waals surface area contributed by atoms with Crippen LogP contribution in [0.15, 0.2) is 0 Å². The highest BCUT2D eigenvalue weighted by molar-refractivity contribution is 5.38. The van der Waals surface area contributed by atoms with Crippen LogP contribution in [-0.4, -0.2) is 12.1 Å². The van der Waals surface area contributed by atoms with Crippen LogP contribution in [0.3, 0.4) is 0 Å². The van der Waals surface area contributed by atoms with Gasteiger partial charge in [0.05, 0.1) is 0 Å². The molecular formula is C15H26O2. The minimum absolute atomic E-state index is 0.216. The Labute approximate surface area is 105 Å². The molecule has 2 saturated carbocycles. The second-order valence-electron chi connectivity index (χ2n) is 7.16. The summed E-state index contributed by atoms with van der Waals surface area (Å²) in [5.74, 6) is 2.39. The van der Waals surface area contributed by atoms with Crippen LogP contribution < -0.4 is 0 Å². The first-order valence-electron chi connectivity index (χ1n) is 7.00. The van der Waals surface area contributed by atoms with Gasteiger partial charge in [-0.05, 0) is 63.7 Å². The van der Waals surface area contributed by atoms with Gasteiger partial charge in [-0.1, -0.05) is 13.8 Å². The number of carbonyl (C=O) groups excluding carboxylic acids is 1. The predicted molar refractivity (Wildman–Crippen MR) is 68.6 cm³/mol. The number of hydrogen-bond acceptors (Lipinski definition) is 2. The fraction of sp³-hybridized carbons (Fsp3) is 0.933. The summed E-state index contributed by atoms with van der Waals surface area (Å²) in [5, 5.41) is 0. The predicted octanol–water partition coefficient (Wildman–Crippen LogP) is 3.79. The lowest BCUT2D eigenvalue weighted by Crippen LogP contribution is -2.53. The maximum Gasteiger partial charge on any atom is 0.293 e. The van der Waals surface area contributed by atoms with Gasteiger partial charge in [0.15, 0.2) is 0 Å². The number of carbonyl (C=O) groups is 1. The van der Waals surface area contributed by atoms with Crippen molar-refractivity contribution in [2.45, 2.75) is 65.4 Å². The molecule has 0 spiro atoms. The minimum Gasteiger partial charge on any atom is -0.461 e. The van der Waals surface area contributed by atoms with Gasteiger partial charge < -0.3 is 4.74 Å². The average molecular weight is 238 g/mol. The summed E-state index contributed by atoms with van der Waals surface area (Å²) in [5.41, 5.74) is -0.0930. The Kier molecular flexibility index (Phi) is 3.26. The molecular weight excluding hydrogens is 212 g/mol. The molecule has 17 heavy (non-hydrogen) atoms. The smallest absolute Gasteiger partial charge is 0.293 e. The van der Waals surface area contributed by atoms with E-state index in [1.54, 1.807) is 0 Å². The van der Waals surface area contributed by atoms with Crippen LogP contribution >= 0.6 is 0 Å². The van der Waals surface area contributed by atoms with Crippen molar-refractivity contribution in [3.05, 3.63) is 0 Å². The molecule has 2 nitrogen and oxygen atoms in total. The zero-order valence-corrected chi connectivity index (χ0v) is 11.7. The molecule has 0 heterocycles. The molecule has 2 unspecified atom stereocenters. The molecule has 2 aliphatic carbocycles. The normalized spacial score (nSPS) is 42.0. The van der Waals surface area contributed by atoms with Crippen molar-refractivity contribution in [1.82, 2.24) is 0 Å². The Balaban J connectivity index is 2.28. The van der Waals surface area contributed by atoms with E-state index < -0.39 is 0 Å². The molecule has 2 atom stereocenters. The van der Waals surface area contributed by atoms with Gasteiger partial charge in [0.2, 0.25) is 0 Å². The molecule has 2 aliphatic rings. The van der Waals surface area contributed by atoms with Crippen LogP contribution in [-0.2, 0) is 9.53 Å². The van der Waals surface area contributed by atoms with Crippen LogP contribution in [0.5, 0.6) is 0 Å². The van der Waals surface area contributed by atoms with Crippen molar-refractivity contribution in [1.29, 1.82) is 0 Å². The molecule has 2 bridgehead atoms. The average Bonchev–Trinajstić information content (AvgIpc) is 2.14. The van der Waals surface area contributed by atoms with Gasteiger partial charge in [-0.15, -0.1) is 0 Å². The van der Waals surface area contributed by atoms with Crippen molar-refractivity contribution in [3.63, 3.8) is 0 Å². The summed E-state index contributed by atoms with van der Waals surface area (Å²) in [6.07, 6.45) is 6.42. The molecule has 0 amide bonds.